The van der Waals surface area contributed by atoms with E-state index in [4.69, 9.17) is 9.30 Å². The van der Waals surface area contributed by atoms with Crippen LogP contribution < -0.4 is 20.6 Å². The zero-order valence-electron chi connectivity index (χ0n) is 17.7. The number of carbonyl (C=O) groups is 3. The maximum absolute atomic E-state index is 12.5. The Bertz CT molecular complexity index is 831. The minimum Gasteiger partial charge on any atom is 3.00 e. The number of amides is 1. The van der Waals surface area contributed by atoms with E-state index < -0.39 is 34.6 Å². The summed E-state index contributed by atoms with van der Waals surface area (Å²) in [6.45, 7) is 16.6. The van der Waals surface area contributed by atoms with E-state index in [1.165, 1.54) is 0 Å². The van der Waals surface area contributed by atoms with Gasteiger partial charge in [0.05, 0.1) is 11.9 Å². The normalized spacial score (nSPS) is 14.8. The fourth-order valence-electron chi connectivity index (χ4n) is 3.03. The molecule has 0 heterocycles. The van der Waals surface area contributed by atoms with E-state index in [-0.39, 0.29) is 35.4 Å². The molecule has 1 aromatic carbocycles. The summed E-state index contributed by atoms with van der Waals surface area (Å²) in [7, 11) is 0. The topological polar surface area (TPSA) is 172 Å². The molecular weight excluding hydrogens is 465 g/mol. The number of carboxylic acid groups (broad SMARTS) is 1. The molecule has 1 saturated carbocycles. The van der Waals surface area contributed by atoms with Crippen LogP contribution in [-0.4, -0.2) is 17.7 Å². The predicted molar refractivity (Wildman–Crippen MR) is 99.3 cm³/mol. The summed E-state index contributed by atoms with van der Waals surface area (Å²) in [5.74, 6) is -0.175. The Balaban J connectivity index is 0. The Hall–Kier alpha value is -2.58. The molecule has 0 aromatic heterocycles. The minimum atomic E-state index is -1.74. The number of ketones is 1. The van der Waals surface area contributed by atoms with Gasteiger partial charge in [0.25, 0.3) is 0 Å². The number of Topliss-reactive ketones (excluding diaryl/α,β-unsaturated/α-hetero) is 1. The monoisotopic (exact) mass is 484 g/mol. The van der Waals surface area contributed by atoms with Crippen LogP contribution in [0.1, 0.15) is 50.9 Å². The Morgan fingerprint density at radius 1 is 0.875 bits per heavy atom. The molecular formula is C22H19CoNO8. The molecule has 10 heteroatoms. The number of benzene rings is 1. The molecule has 0 aliphatic heterocycles. The fraction of sp³-hybridized carbons (Fsp3) is 0.273. The van der Waals surface area contributed by atoms with Gasteiger partial charge in [0.15, 0.2) is 0 Å². The predicted octanol–water partition coefficient (Wildman–Crippen LogP) is 0.373. The first-order valence-electron chi connectivity index (χ1n) is 8.75. The van der Waals surface area contributed by atoms with E-state index in [1.54, 1.807) is 0 Å². The van der Waals surface area contributed by atoms with Crippen LogP contribution in [0.5, 0.6) is 11.5 Å². The van der Waals surface area contributed by atoms with Crippen LogP contribution in [0.15, 0.2) is 12.1 Å². The molecule has 32 heavy (non-hydrogen) atoms. The fourth-order valence-corrected chi connectivity index (χ4v) is 3.03. The Kier molecular flexibility index (Phi) is 14.3. The number of anilines is 1. The largest absolute Gasteiger partial charge is 3.00 e. The van der Waals surface area contributed by atoms with Crippen molar-refractivity contribution in [1.29, 1.82) is 0 Å². The zero-order chi connectivity index (χ0) is 24.5. The van der Waals surface area contributed by atoms with Crippen molar-refractivity contribution >= 4 is 23.3 Å². The van der Waals surface area contributed by atoms with Crippen molar-refractivity contribution in [2.75, 3.05) is 5.32 Å². The number of carboxylic acids is 1. The van der Waals surface area contributed by atoms with Gasteiger partial charge in [-0.25, -0.2) is 0 Å². The standard InChI is InChI=1S/C20H22NO6.2CO.Co/c1-9-10(2)12(4)17(11(9)3)14(22)7-8-16(24)21-18-15(23)6-5-13(19(18)25)20(26)27;2*1-2;/h5-6,23,25H,7-8H2,1-4H3,(H,21,24)(H,26,27);;;/q;;;+3/p-3. The Morgan fingerprint density at radius 3 is 1.78 bits per heavy atom. The van der Waals surface area contributed by atoms with Crippen LogP contribution in [0.2, 0.25) is 0 Å². The van der Waals surface area contributed by atoms with Crippen LogP contribution in [0.4, 0.5) is 5.69 Å². The zero-order valence-corrected chi connectivity index (χ0v) is 18.7. The van der Waals surface area contributed by atoms with Crippen molar-refractivity contribution in [2.24, 2.45) is 0 Å². The molecule has 0 bridgehead atoms. The van der Waals surface area contributed by atoms with Crippen molar-refractivity contribution in [1.82, 2.24) is 0 Å². The molecule has 5 radical (unpaired) electrons. The van der Waals surface area contributed by atoms with Crippen LogP contribution in [0, 0.1) is 42.9 Å². The van der Waals surface area contributed by atoms with Crippen molar-refractivity contribution < 1.29 is 55.8 Å². The molecule has 1 N–H and O–H groups in total. The van der Waals surface area contributed by atoms with Gasteiger partial charge in [0, 0.05) is 18.5 Å². The van der Waals surface area contributed by atoms with E-state index in [1.807, 2.05) is 27.7 Å². The molecule has 0 atom stereocenters. The number of carbonyl (C=O) groups excluding carboxylic acids is 3. The summed E-state index contributed by atoms with van der Waals surface area (Å²) >= 11 is 0. The van der Waals surface area contributed by atoms with Gasteiger partial charge < -0.3 is 25.4 Å². The van der Waals surface area contributed by atoms with Gasteiger partial charge in [-0.15, -0.1) is 0 Å². The summed E-state index contributed by atoms with van der Waals surface area (Å²) in [6.07, 6.45) is -0.339. The molecule has 0 saturated heterocycles. The van der Waals surface area contributed by atoms with Crippen molar-refractivity contribution in [3.8, 4) is 11.5 Å². The van der Waals surface area contributed by atoms with E-state index in [0.29, 0.717) is 5.92 Å². The molecule has 9 nitrogen and oxygen atoms in total. The Labute approximate surface area is 197 Å². The second-order valence-electron chi connectivity index (χ2n) is 6.45. The average Bonchev–Trinajstić information content (AvgIpc) is 2.94. The van der Waals surface area contributed by atoms with Gasteiger partial charge in [-0.2, -0.15) is 0 Å². The maximum atomic E-state index is 12.5. The molecule has 2 rings (SSSR count). The maximum Gasteiger partial charge on any atom is 3.00 e. The van der Waals surface area contributed by atoms with Crippen molar-refractivity contribution in [3.05, 3.63) is 60.6 Å². The molecule has 1 aliphatic rings. The van der Waals surface area contributed by atoms with Gasteiger partial charge in [-0.3, -0.25) is 9.59 Å². The number of aromatic carboxylic acids is 1. The second kappa shape index (κ2) is 14.5. The van der Waals surface area contributed by atoms with Crippen LogP contribution in [0.3, 0.4) is 0 Å². The first-order valence-corrected chi connectivity index (χ1v) is 8.75. The van der Waals surface area contributed by atoms with E-state index >= 15 is 0 Å². The number of rotatable bonds is 6. The minimum absolute atomic E-state index is 0. The second-order valence-corrected chi connectivity index (χ2v) is 6.45. The molecule has 0 unspecified atom stereocenters. The quantitative estimate of drug-likeness (QED) is 0.451. The Morgan fingerprint density at radius 2 is 1.34 bits per heavy atom. The van der Waals surface area contributed by atoms with Gasteiger partial charge in [0.2, 0.25) is 5.91 Å². The third-order valence-electron chi connectivity index (χ3n) is 4.90. The molecule has 1 aromatic rings. The van der Waals surface area contributed by atoms with E-state index in [0.717, 1.165) is 35.8 Å². The van der Waals surface area contributed by atoms with Crippen molar-refractivity contribution in [3.63, 3.8) is 0 Å². The summed E-state index contributed by atoms with van der Waals surface area (Å²) in [4.78, 5) is 35.4. The third kappa shape index (κ3) is 7.24. The van der Waals surface area contributed by atoms with E-state index in [9.17, 15) is 29.7 Å². The third-order valence-corrected chi connectivity index (χ3v) is 4.90. The number of nitrogens with one attached hydrogen (secondary N) is 1. The molecule has 0 spiro atoms. The van der Waals surface area contributed by atoms with Crippen molar-refractivity contribution in [2.45, 2.75) is 40.5 Å². The first-order chi connectivity index (χ1) is 14.6. The van der Waals surface area contributed by atoms with Crippen LogP contribution in [0.25, 0.3) is 0 Å². The average molecular weight is 484 g/mol. The molecule has 1 fully saturated rings. The molecule has 169 valence electrons. The molecule has 1 amide bonds. The SMILES string of the molecule is C[C]1[C](C)[C](C)[C](C(=O)CCC(=O)Nc2c([O-])ccc(C(=O)[O-])c2[O-])[C]1C.[C-]#[O+].[C-]#[O+].[Co+3]. The van der Waals surface area contributed by atoms with Crippen LogP contribution >= 0.6 is 0 Å². The van der Waals surface area contributed by atoms with Gasteiger partial charge in [-0.1, -0.05) is 51.3 Å². The first kappa shape index (κ1) is 31.6. The van der Waals surface area contributed by atoms with Gasteiger partial charge in [-0.05, 0) is 29.2 Å². The summed E-state index contributed by atoms with van der Waals surface area (Å²) in [5.41, 5.74) is -1.36. The summed E-state index contributed by atoms with van der Waals surface area (Å²) in [6, 6.07) is 1.71. The smallest absolute Gasteiger partial charge is 3.00 e. The van der Waals surface area contributed by atoms with Gasteiger partial charge in [0.1, 0.15) is 5.78 Å². The molecule has 1 aliphatic carbocycles. The summed E-state index contributed by atoms with van der Waals surface area (Å²) < 4.78 is 15.0. The van der Waals surface area contributed by atoms with Crippen LogP contribution in [-0.2, 0) is 35.7 Å². The van der Waals surface area contributed by atoms with Gasteiger partial charge >= 0.3 is 39.4 Å². The van der Waals surface area contributed by atoms with E-state index in [2.05, 4.69) is 18.6 Å². The number of hydrogen-bond donors (Lipinski definition) is 1. The number of hydrogen-bond acceptors (Lipinski definition) is 6. The summed E-state index contributed by atoms with van der Waals surface area (Å²) in [5, 5.41) is 36.7.